The number of amides is 1. The number of pyridine rings is 1. The minimum atomic E-state index is 0.0694. The number of methoxy groups -OCH3 is 1. The predicted molar refractivity (Wildman–Crippen MR) is 98.7 cm³/mol. The Bertz CT molecular complexity index is 744. The van der Waals surface area contributed by atoms with E-state index in [0.717, 1.165) is 31.5 Å². The SMILES string of the molecule is CO[C@@H]1CCN(C(=O)c2cncc(C)c2)C[C@H]1Cc1cccc(C)c1. The van der Waals surface area contributed by atoms with Gasteiger partial charge in [-0.3, -0.25) is 9.78 Å². The second kappa shape index (κ2) is 7.79. The lowest BCUT2D eigenvalue weighted by Crippen LogP contribution is -2.47. The van der Waals surface area contributed by atoms with Crippen LogP contribution >= 0.6 is 0 Å². The number of carbonyl (C=O) groups is 1. The van der Waals surface area contributed by atoms with Crippen LogP contribution in [0.2, 0.25) is 0 Å². The molecular formula is C21H26N2O2. The molecule has 132 valence electrons. The molecular weight excluding hydrogens is 312 g/mol. The molecule has 4 nitrogen and oxygen atoms in total. The van der Waals surface area contributed by atoms with E-state index in [1.54, 1.807) is 19.5 Å². The number of aryl methyl sites for hydroxylation is 2. The summed E-state index contributed by atoms with van der Waals surface area (Å²) < 4.78 is 5.71. The Morgan fingerprint density at radius 3 is 2.80 bits per heavy atom. The summed E-state index contributed by atoms with van der Waals surface area (Å²) in [6.07, 6.45) is 5.43. The minimum Gasteiger partial charge on any atom is -0.381 e. The lowest BCUT2D eigenvalue weighted by Gasteiger charge is -2.38. The highest BCUT2D eigenvalue weighted by molar-refractivity contribution is 5.94. The molecule has 2 heterocycles. The third-order valence-corrected chi connectivity index (χ3v) is 4.96. The van der Waals surface area contributed by atoms with Gasteiger partial charge in [0.25, 0.3) is 5.91 Å². The maximum Gasteiger partial charge on any atom is 0.255 e. The molecule has 1 aliphatic rings. The molecule has 0 bridgehead atoms. The number of carbonyl (C=O) groups excluding carboxylic acids is 1. The zero-order valence-electron chi connectivity index (χ0n) is 15.2. The van der Waals surface area contributed by atoms with Gasteiger partial charge in [0.2, 0.25) is 0 Å². The zero-order chi connectivity index (χ0) is 17.8. The fraction of sp³-hybridized carbons (Fsp3) is 0.429. The summed E-state index contributed by atoms with van der Waals surface area (Å²) in [4.78, 5) is 19.0. The van der Waals surface area contributed by atoms with Gasteiger partial charge in [-0.15, -0.1) is 0 Å². The standard InChI is InChI=1S/C21H26N2O2/c1-15-5-4-6-17(9-15)11-19-14-23(8-7-20(19)25-3)21(24)18-10-16(2)12-22-13-18/h4-6,9-10,12-13,19-20H,7-8,11,14H2,1-3H3/t19-,20-/m1/s1. The van der Waals surface area contributed by atoms with Crippen molar-refractivity contribution in [1.82, 2.24) is 9.88 Å². The van der Waals surface area contributed by atoms with Gasteiger partial charge in [0.1, 0.15) is 0 Å². The van der Waals surface area contributed by atoms with Crippen molar-refractivity contribution in [2.24, 2.45) is 5.92 Å². The van der Waals surface area contributed by atoms with Crippen LogP contribution in [0, 0.1) is 19.8 Å². The van der Waals surface area contributed by atoms with Crippen molar-refractivity contribution < 1.29 is 9.53 Å². The maximum absolute atomic E-state index is 12.8. The van der Waals surface area contributed by atoms with Crippen molar-refractivity contribution in [3.8, 4) is 0 Å². The van der Waals surface area contributed by atoms with Crippen molar-refractivity contribution in [2.75, 3.05) is 20.2 Å². The second-order valence-corrected chi connectivity index (χ2v) is 7.02. The van der Waals surface area contributed by atoms with Gasteiger partial charge in [0.15, 0.2) is 0 Å². The summed E-state index contributed by atoms with van der Waals surface area (Å²) in [5, 5.41) is 0. The number of hydrogen-bond donors (Lipinski definition) is 0. The van der Waals surface area contributed by atoms with Gasteiger partial charge in [0.05, 0.1) is 11.7 Å². The number of likely N-dealkylation sites (tertiary alicyclic amines) is 1. The molecule has 0 radical (unpaired) electrons. The van der Waals surface area contributed by atoms with Gasteiger partial charge in [-0.2, -0.15) is 0 Å². The van der Waals surface area contributed by atoms with Crippen molar-refractivity contribution in [1.29, 1.82) is 0 Å². The molecule has 0 N–H and O–H groups in total. The molecule has 2 atom stereocenters. The molecule has 2 aromatic rings. The summed E-state index contributed by atoms with van der Waals surface area (Å²) >= 11 is 0. The monoisotopic (exact) mass is 338 g/mol. The highest BCUT2D eigenvalue weighted by Gasteiger charge is 2.32. The Morgan fingerprint density at radius 2 is 2.08 bits per heavy atom. The minimum absolute atomic E-state index is 0.0694. The van der Waals surface area contributed by atoms with Crippen molar-refractivity contribution >= 4 is 5.91 Å². The lowest BCUT2D eigenvalue weighted by atomic mass is 9.88. The molecule has 0 spiro atoms. The molecule has 4 heteroatoms. The molecule has 3 rings (SSSR count). The first-order valence-corrected chi connectivity index (χ1v) is 8.86. The van der Waals surface area contributed by atoms with Crippen molar-refractivity contribution in [3.63, 3.8) is 0 Å². The van der Waals surface area contributed by atoms with Crippen LogP contribution in [0.1, 0.15) is 33.5 Å². The molecule has 0 aliphatic carbocycles. The molecule has 25 heavy (non-hydrogen) atoms. The Morgan fingerprint density at radius 1 is 1.24 bits per heavy atom. The van der Waals surface area contributed by atoms with Crippen LogP contribution < -0.4 is 0 Å². The van der Waals surface area contributed by atoms with Crippen LogP contribution in [0.5, 0.6) is 0 Å². The van der Waals surface area contributed by atoms with E-state index in [0.29, 0.717) is 11.5 Å². The topological polar surface area (TPSA) is 42.4 Å². The molecule has 1 aliphatic heterocycles. The van der Waals surface area contributed by atoms with Crippen LogP contribution in [0.3, 0.4) is 0 Å². The van der Waals surface area contributed by atoms with Crippen LogP contribution in [-0.2, 0) is 11.2 Å². The largest absolute Gasteiger partial charge is 0.381 e. The van der Waals surface area contributed by atoms with Gasteiger partial charge in [-0.05, 0) is 43.9 Å². The van der Waals surface area contributed by atoms with E-state index >= 15 is 0 Å². The van der Waals surface area contributed by atoms with E-state index in [-0.39, 0.29) is 12.0 Å². The number of aromatic nitrogens is 1. The fourth-order valence-electron chi connectivity index (χ4n) is 3.70. The molecule has 1 aromatic carbocycles. The lowest BCUT2D eigenvalue weighted by molar-refractivity contribution is -0.00301. The number of rotatable bonds is 4. The summed E-state index contributed by atoms with van der Waals surface area (Å²) in [5.41, 5.74) is 4.25. The second-order valence-electron chi connectivity index (χ2n) is 7.02. The summed E-state index contributed by atoms with van der Waals surface area (Å²) in [7, 11) is 1.77. The summed E-state index contributed by atoms with van der Waals surface area (Å²) in [6.45, 7) is 5.52. The summed E-state index contributed by atoms with van der Waals surface area (Å²) in [5.74, 6) is 0.377. The van der Waals surface area contributed by atoms with Crippen molar-refractivity contribution in [2.45, 2.75) is 32.8 Å². The van der Waals surface area contributed by atoms with Crippen LogP contribution in [0.15, 0.2) is 42.7 Å². The van der Waals surface area contributed by atoms with Crippen LogP contribution in [0.4, 0.5) is 0 Å². The Kier molecular flexibility index (Phi) is 5.49. The third kappa shape index (κ3) is 4.26. The fourth-order valence-corrected chi connectivity index (χ4v) is 3.70. The van der Waals surface area contributed by atoms with E-state index in [1.807, 2.05) is 17.9 Å². The van der Waals surface area contributed by atoms with E-state index in [9.17, 15) is 4.79 Å². The van der Waals surface area contributed by atoms with Crippen LogP contribution in [0.25, 0.3) is 0 Å². The molecule has 1 fully saturated rings. The Balaban J connectivity index is 1.74. The van der Waals surface area contributed by atoms with Gasteiger partial charge in [-0.1, -0.05) is 29.8 Å². The highest BCUT2D eigenvalue weighted by Crippen LogP contribution is 2.25. The van der Waals surface area contributed by atoms with Gasteiger partial charge < -0.3 is 9.64 Å². The van der Waals surface area contributed by atoms with Gasteiger partial charge in [0, 0.05) is 38.5 Å². The maximum atomic E-state index is 12.8. The third-order valence-electron chi connectivity index (χ3n) is 4.96. The first-order valence-electron chi connectivity index (χ1n) is 8.86. The smallest absolute Gasteiger partial charge is 0.255 e. The summed E-state index contributed by atoms with van der Waals surface area (Å²) in [6, 6.07) is 10.5. The molecule has 1 aromatic heterocycles. The number of benzene rings is 1. The highest BCUT2D eigenvalue weighted by atomic mass is 16.5. The Labute approximate surface area is 149 Å². The molecule has 0 unspecified atom stereocenters. The normalized spacial score (nSPS) is 20.5. The molecule has 1 amide bonds. The molecule has 1 saturated heterocycles. The predicted octanol–water partition coefficient (Wildman–Crippen LogP) is 3.42. The van der Waals surface area contributed by atoms with E-state index in [1.165, 1.54) is 11.1 Å². The number of hydrogen-bond acceptors (Lipinski definition) is 3. The van der Waals surface area contributed by atoms with E-state index < -0.39 is 0 Å². The van der Waals surface area contributed by atoms with Crippen molar-refractivity contribution in [3.05, 3.63) is 65.0 Å². The van der Waals surface area contributed by atoms with E-state index in [2.05, 4.69) is 36.2 Å². The quantitative estimate of drug-likeness (QED) is 0.858. The zero-order valence-corrected chi connectivity index (χ0v) is 15.2. The number of nitrogens with zero attached hydrogens (tertiary/aromatic N) is 2. The average molecular weight is 338 g/mol. The van der Waals surface area contributed by atoms with Gasteiger partial charge in [-0.25, -0.2) is 0 Å². The Hall–Kier alpha value is -2.20. The van der Waals surface area contributed by atoms with E-state index in [4.69, 9.17) is 4.74 Å². The average Bonchev–Trinajstić information content (AvgIpc) is 2.61. The number of piperidine rings is 1. The number of ether oxygens (including phenoxy) is 1. The first kappa shape index (κ1) is 17.6. The first-order chi connectivity index (χ1) is 12.1. The molecule has 0 saturated carbocycles. The van der Waals surface area contributed by atoms with Crippen LogP contribution in [-0.4, -0.2) is 42.1 Å². The van der Waals surface area contributed by atoms with Gasteiger partial charge >= 0.3 is 0 Å².